The average Bonchev–Trinajstić information content (AvgIpc) is 2.63. The van der Waals surface area contributed by atoms with Gasteiger partial charge in [-0.25, -0.2) is 9.97 Å². The van der Waals surface area contributed by atoms with Crippen molar-refractivity contribution in [3.05, 3.63) is 42.4 Å². The van der Waals surface area contributed by atoms with Crippen LogP contribution in [0.3, 0.4) is 0 Å². The number of nitrogens with zero attached hydrogens (tertiary/aromatic N) is 3. The molecule has 0 saturated carbocycles. The van der Waals surface area contributed by atoms with E-state index in [1.54, 1.807) is 18.2 Å². The molecule has 0 aliphatic carbocycles. The quantitative estimate of drug-likeness (QED) is 0.925. The highest BCUT2D eigenvalue weighted by atomic mass is 16.5. The lowest BCUT2D eigenvalue weighted by Crippen LogP contribution is -2.41. The molecule has 1 aromatic carbocycles. The van der Waals surface area contributed by atoms with Crippen LogP contribution in [0.4, 0.5) is 11.5 Å². The molecule has 1 aliphatic heterocycles. The molecule has 1 N–H and O–H groups in total. The van der Waals surface area contributed by atoms with E-state index in [0.717, 1.165) is 11.4 Å². The Hall–Kier alpha value is -2.67. The normalized spacial score (nSPS) is 14.4. The monoisotopic (exact) mass is 314 g/mol. The molecule has 1 aromatic heterocycles. The minimum Gasteiger partial charge on any atom is -0.497 e. The molecule has 0 unspecified atom stereocenters. The number of nitrogens with one attached hydrogen (secondary N) is 1. The zero-order chi connectivity index (χ0) is 16.1. The van der Waals surface area contributed by atoms with Gasteiger partial charge in [-0.05, 0) is 12.1 Å². The Kier molecular flexibility index (Phi) is 4.68. The van der Waals surface area contributed by atoms with Crippen molar-refractivity contribution in [3.63, 3.8) is 0 Å². The van der Waals surface area contributed by atoms with Crippen LogP contribution in [0.15, 0.2) is 36.7 Å². The molecule has 7 nitrogen and oxygen atoms in total. The maximum absolute atomic E-state index is 12.3. The van der Waals surface area contributed by atoms with Crippen LogP contribution in [0.2, 0.25) is 0 Å². The molecule has 1 fully saturated rings. The van der Waals surface area contributed by atoms with E-state index in [2.05, 4.69) is 15.3 Å². The van der Waals surface area contributed by atoms with Crippen LogP contribution in [-0.2, 0) is 4.74 Å². The molecule has 3 rings (SSSR count). The first-order valence-corrected chi connectivity index (χ1v) is 7.36. The number of carbonyl (C=O) groups is 1. The Bertz CT molecular complexity index is 669. The smallest absolute Gasteiger partial charge is 0.274 e. The Morgan fingerprint density at radius 2 is 2.09 bits per heavy atom. The fourth-order valence-corrected chi connectivity index (χ4v) is 2.28. The lowest BCUT2D eigenvalue weighted by Gasteiger charge is -2.26. The molecule has 0 bridgehead atoms. The topological polar surface area (TPSA) is 76.6 Å². The number of carbonyl (C=O) groups excluding carboxylic acids is 1. The lowest BCUT2D eigenvalue weighted by atomic mass is 10.3. The molecular formula is C16H18N4O3. The number of methoxy groups -OCH3 is 1. The number of hydrogen-bond acceptors (Lipinski definition) is 6. The Morgan fingerprint density at radius 3 is 2.78 bits per heavy atom. The van der Waals surface area contributed by atoms with Gasteiger partial charge >= 0.3 is 0 Å². The van der Waals surface area contributed by atoms with E-state index < -0.39 is 0 Å². The van der Waals surface area contributed by atoms with Gasteiger partial charge in [0.2, 0.25) is 0 Å². The van der Waals surface area contributed by atoms with E-state index in [0.29, 0.717) is 37.8 Å². The van der Waals surface area contributed by atoms with Gasteiger partial charge in [0.25, 0.3) is 5.91 Å². The van der Waals surface area contributed by atoms with Crippen LogP contribution in [0.25, 0.3) is 0 Å². The molecule has 0 spiro atoms. The second-order valence-electron chi connectivity index (χ2n) is 5.05. The highest BCUT2D eigenvalue weighted by Crippen LogP contribution is 2.19. The van der Waals surface area contributed by atoms with Crippen molar-refractivity contribution >= 4 is 17.4 Å². The summed E-state index contributed by atoms with van der Waals surface area (Å²) in [6.07, 6.45) is 3.04. The molecule has 1 aliphatic rings. The zero-order valence-corrected chi connectivity index (χ0v) is 12.9. The van der Waals surface area contributed by atoms with Crippen molar-refractivity contribution in [2.24, 2.45) is 0 Å². The van der Waals surface area contributed by atoms with Crippen molar-refractivity contribution in [2.45, 2.75) is 0 Å². The first kappa shape index (κ1) is 15.2. The van der Waals surface area contributed by atoms with Crippen molar-refractivity contribution in [1.29, 1.82) is 0 Å². The summed E-state index contributed by atoms with van der Waals surface area (Å²) in [5.74, 6) is 1.20. The Morgan fingerprint density at radius 1 is 1.26 bits per heavy atom. The van der Waals surface area contributed by atoms with Gasteiger partial charge in [-0.15, -0.1) is 0 Å². The number of aromatic nitrogens is 2. The second kappa shape index (κ2) is 7.06. The number of morpholine rings is 1. The third-order valence-electron chi connectivity index (χ3n) is 3.51. The Labute approximate surface area is 134 Å². The molecular weight excluding hydrogens is 296 g/mol. The minimum atomic E-state index is -0.117. The predicted molar refractivity (Wildman–Crippen MR) is 85.0 cm³/mol. The summed E-state index contributed by atoms with van der Waals surface area (Å²) >= 11 is 0. The number of anilines is 2. The van der Waals surface area contributed by atoms with Gasteiger partial charge in [-0.3, -0.25) is 4.79 Å². The van der Waals surface area contributed by atoms with E-state index in [-0.39, 0.29) is 5.91 Å². The van der Waals surface area contributed by atoms with Gasteiger partial charge in [-0.2, -0.15) is 0 Å². The summed E-state index contributed by atoms with van der Waals surface area (Å²) in [5, 5.41) is 3.13. The molecule has 2 aromatic rings. The van der Waals surface area contributed by atoms with Gasteiger partial charge in [0.05, 0.1) is 32.7 Å². The third kappa shape index (κ3) is 3.75. The molecule has 23 heavy (non-hydrogen) atoms. The first-order chi connectivity index (χ1) is 11.3. The average molecular weight is 314 g/mol. The molecule has 7 heteroatoms. The number of benzene rings is 1. The fraction of sp³-hybridized carbons (Fsp3) is 0.312. The van der Waals surface area contributed by atoms with Crippen molar-refractivity contribution < 1.29 is 14.3 Å². The molecule has 1 saturated heterocycles. The summed E-state index contributed by atoms with van der Waals surface area (Å²) in [4.78, 5) is 22.5. The molecule has 2 heterocycles. The number of hydrogen-bond donors (Lipinski definition) is 1. The van der Waals surface area contributed by atoms with Gasteiger partial charge in [0.1, 0.15) is 17.3 Å². The van der Waals surface area contributed by atoms with E-state index in [1.807, 2.05) is 24.3 Å². The molecule has 1 amide bonds. The molecule has 0 atom stereocenters. The van der Waals surface area contributed by atoms with Crippen molar-refractivity contribution in [1.82, 2.24) is 14.9 Å². The van der Waals surface area contributed by atoms with Crippen LogP contribution in [0.5, 0.6) is 5.75 Å². The van der Waals surface area contributed by atoms with E-state index in [1.165, 1.54) is 6.20 Å². The maximum atomic E-state index is 12.3. The Balaban J connectivity index is 1.67. The number of rotatable bonds is 4. The summed E-state index contributed by atoms with van der Waals surface area (Å²) in [5.41, 5.74) is 1.17. The van der Waals surface area contributed by atoms with Gasteiger partial charge in [0.15, 0.2) is 0 Å². The lowest BCUT2D eigenvalue weighted by molar-refractivity contribution is 0.0298. The third-order valence-corrected chi connectivity index (χ3v) is 3.51. The molecule has 120 valence electrons. The second-order valence-corrected chi connectivity index (χ2v) is 5.05. The summed E-state index contributed by atoms with van der Waals surface area (Å²) in [7, 11) is 1.62. The highest BCUT2D eigenvalue weighted by molar-refractivity contribution is 5.92. The fourth-order valence-electron chi connectivity index (χ4n) is 2.28. The van der Waals surface area contributed by atoms with Gasteiger partial charge in [0, 0.05) is 24.8 Å². The standard InChI is InChI=1S/C16H18N4O3/c1-22-13-4-2-3-12(9-13)19-15-11-17-14(10-18-15)16(21)20-5-7-23-8-6-20/h2-4,9-11H,5-8H2,1H3,(H,18,19). The van der Waals surface area contributed by atoms with E-state index in [4.69, 9.17) is 9.47 Å². The van der Waals surface area contributed by atoms with Crippen LogP contribution in [0, 0.1) is 0 Å². The predicted octanol–water partition coefficient (Wildman–Crippen LogP) is 1.70. The highest BCUT2D eigenvalue weighted by Gasteiger charge is 2.19. The summed E-state index contributed by atoms with van der Waals surface area (Å²) in [6, 6.07) is 7.50. The van der Waals surface area contributed by atoms with E-state index >= 15 is 0 Å². The van der Waals surface area contributed by atoms with Crippen LogP contribution < -0.4 is 10.1 Å². The van der Waals surface area contributed by atoms with Gasteiger partial charge < -0.3 is 19.7 Å². The van der Waals surface area contributed by atoms with Crippen LogP contribution >= 0.6 is 0 Å². The van der Waals surface area contributed by atoms with E-state index in [9.17, 15) is 4.79 Å². The maximum Gasteiger partial charge on any atom is 0.274 e. The first-order valence-electron chi connectivity index (χ1n) is 7.36. The largest absolute Gasteiger partial charge is 0.497 e. The molecule has 0 radical (unpaired) electrons. The number of amides is 1. The van der Waals surface area contributed by atoms with Crippen LogP contribution in [-0.4, -0.2) is 54.2 Å². The summed E-state index contributed by atoms with van der Waals surface area (Å²) < 4.78 is 10.4. The zero-order valence-electron chi connectivity index (χ0n) is 12.9. The number of ether oxygens (including phenoxy) is 2. The summed E-state index contributed by atoms with van der Waals surface area (Å²) in [6.45, 7) is 2.30. The van der Waals surface area contributed by atoms with Crippen molar-refractivity contribution in [3.8, 4) is 5.75 Å². The van der Waals surface area contributed by atoms with Crippen LogP contribution in [0.1, 0.15) is 10.5 Å². The van der Waals surface area contributed by atoms with Crippen molar-refractivity contribution in [2.75, 3.05) is 38.7 Å². The minimum absolute atomic E-state index is 0.117. The SMILES string of the molecule is COc1cccc(Nc2cnc(C(=O)N3CCOCC3)cn2)c1. The van der Waals surface area contributed by atoms with Gasteiger partial charge in [-0.1, -0.05) is 6.07 Å².